The molecule has 0 saturated heterocycles. The van der Waals surface area contributed by atoms with Gasteiger partial charge in [-0.25, -0.2) is 0 Å². The molecule has 0 amide bonds. The Hall–Kier alpha value is 0.830. The molecule has 2 atom stereocenters. The van der Waals surface area contributed by atoms with Crippen molar-refractivity contribution < 1.29 is 4.48 Å². The van der Waals surface area contributed by atoms with Crippen LogP contribution in [0.25, 0.3) is 0 Å². The minimum Gasteiger partial charge on any atom is -0.292 e. The summed E-state index contributed by atoms with van der Waals surface area (Å²) in [4.78, 5) is 0. The third-order valence-electron chi connectivity index (χ3n) is 12.9. The zero-order valence-corrected chi connectivity index (χ0v) is 40.2. The van der Waals surface area contributed by atoms with Crippen molar-refractivity contribution in [3.05, 3.63) is 0 Å². The van der Waals surface area contributed by atoms with Crippen LogP contribution in [0.15, 0.2) is 0 Å². The lowest BCUT2D eigenvalue weighted by atomic mass is 9.94. The number of hydrogen-bond acceptors (Lipinski definition) is 0. The summed E-state index contributed by atoms with van der Waals surface area (Å²) in [6.07, 6.45) is 52.4. The molecule has 326 valence electrons. The van der Waals surface area contributed by atoms with Gasteiger partial charge in [0, 0.05) is 0 Å². The van der Waals surface area contributed by atoms with Gasteiger partial charge in [-0.2, -0.15) is 0 Å². The van der Waals surface area contributed by atoms with Crippen LogP contribution in [0.3, 0.4) is 0 Å². The second-order valence-corrected chi connectivity index (χ2v) is 19.8. The van der Waals surface area contributed by atoms with Gasteiger partial charge >= 0.3 is 0 Å². The number of nitrogens with zero attached hydrogens (tertiary/aromatic N) is 1. The van der Waals surface area contributed by atoms with Gasteiger partial charge in [-0.3, -0.25) is 4.48 Å². The molecule has 0 radical (unpaired) electrons. The Morgan fingerprint density at radius 2 is 0.611 bits per heavy atom. The Balaban J connectivity index is 5.46. The van der Waals surface area contributed by atoms with Gasteiger partial charge in [0.15, 0.2) is 0 Å². The van der Waals surface area contributed by atoms with E-state index in [1.807, 2.05) is 0 Å². The minimum absolute atomic E-state index is 0.196. The number of alkyl halides is 3. The molecule has 0 aliphatic carbocycles. The normalized spacial score (nSPS) is 13.6. The minimum atomic E-state index is -0.923. The summed E-state index contributed by atoms with van der Waals surface area (Å²) in [5.74, 6) is 0.911. The highest BCUT2D eigenvalue weighted by atomic mass is 35.5. The van der Waals surface area contributed by atoms with Crippen molar-refractivity contribution in [2.24, 2.45) is 5.92 Å². The van der Waals surface area contributed by atoms with Gasteiger partial charge < -0.3 is 0 Å². The first-order valence-corrected chi connectivity index (χ1v) is 26.4. The van der Waals surface area contributed by atoms with Crippen LogP contribution in [0, 0.1) is 5.92 Å². The quantitative estimate of drug-likeness (QED) is 0.0248. The van der Waals surface area contributed by atoms with Gasteiger partial charge in [-0.05, 0) is 74.1 Å². The average molecular weight is 823 g/mol. The summed E-state index contributed by atoms with van der Waals surface area (Å²) in [5.41, 5.74) is 0. The van der Waals surface area contributed by atoms with E-state index in [1.165, 1.54) is 238 Å². The topological polar surface area (TPSA) is 0 Å². The Labute approximate surface area is 358 Å². The van der Waals surface area contributed by atoms with Crippen LogP contribution >= 0.6 is 34.8 Å². The molecule has 0 saturated carbocycles. The van der Waals surface area contributed by atoms with Gasteiger partial charge in [0.1, 0.15) is 5.38 Å². The number of rotatable bonds is 45. The van der Waals surface area contributed by atoms with E-state index < -0.39 is 4.46 Å². The predicted octanol–water partition coefficient (Wildman–Crippen LogP) is 19.5. The second kappa shape index (κ2) is 40.6. The second-order valence-electron chi connectivity index (χ2n) is 18.0. The average Bonchev–Trinajstić information content (AvgIpc) is 3.17. The van der Waals surface area contributed by atoms with Crippen LogP contribution in [-0.2, 0) is 0 Å². The van der Waals surface area contributed by atoms with Crippen LogP contribution in [0.2, 0.25) is 0 Å². The molecular weight excluding hydrogens is 721 g/mol. The lowest BCUT2D eigenvalue weighted by Crippen LogP contribution is -2.64. The molecule has 0 aliphatic heterocycles. The van der Waals surface area contributed by atoms with Gasteiger partial charge in [0.25, 0.3) is 4.46 Å². The summed E-state index contributed by atoms with van der Waals surface area (Å²) in [5, 5.41) is -0.196. The van der Waals surface area contributed by atoms with Crippen molar-refractivity contribution in [3.63, 3.8) is 0 Å². The standard InChI is InChI=1S/C50H101Cl3N/c1-6-11-14-17-20-23-26-29-34-39-45-54(46-40-35-30-27-24-21-18-15-12-7-2,47-41-36-31-28-25-22-19-16-13-8-3)50(52,53)49(51)44-38-33-32-37-43-48(10-5)42-9-4/h48-49H,6-47H2,1-5H3/q+1. The maximum atomic E-state index is 7.72. The molecule has 0 aliphatic rings. The summed E-state index contributed by atoms with van der Waals surface area (Å²) in [6, 6.07) is 0. The molecule has 0 spiro atoms. The first kappa shape index (κ1) is 54.8. The monoisotopic (exact) mass is 821 g/mol. The van der Waals surface area contributed by atoms with Gasteiger partial charge in [-0.1, -0.05) is 240 Å². The molecule has 54 heavy (non-hydrogen) atoms. The zero-order chi connectivity index (χ0) is 39.9. The highest BCUT2D eigenvalue weighted by Crippen LogP contribution is 2.43. The van der Waals surface area contributed by atoms with Crippen molar-refractivity contribution in [2.75, 3.05) is 19.6 Å². The third kappa shape index (κ3) is 30.0. The highest BCUT2D eigenvalue weighted by Gasteiger charge is 2.52. The van der Waals surface area contributed by atoms with Crippen LogP contribution < -0.4 is 0 Å². The molecule has 2 unspecified atom stereocenters. The number of quaternary nitrogens is 1. The van der Waals surface area contributed by atoms with Crippen LogP contribution in [0.4, 0.5) is 0 Å². The van der Waals surface area contributed by atoms with E-state index in [1.54, 1.807) is 0 Å². The predicted molar refractivity (Wildman–Crippen MR) is 251 cm³/mol. The van der Waals surface area contributed by atoms with Crippen molar-refractivity contribution in [1.82, 2.24) is 0 Å². The van der Waals surface area contributed by atoms with Crippen molar-refractivity contribution in [2.45, 2.75) is 295 Å². The molecule has 0 aromatic heterocycles. The summed E-state index contributed by atoms with van der Waals surface area (Å²) >= 11 is 22.8. The van der Waals surface area contributed by atoms with E-state index in [0.717, 1.165) is 42.9 Å². The Bertz CT molecular complexity index is 667. The third-order valence-corrected chi connectivity index (χ3v) is 14.9. The van der Waals surface area contributed by atoms with Crippen LogP contribution in [0.1, 0.15) is 285 Å². The summed E-state index contributed by atoms with van der Waals surface area (Å²) < 4.78 is -0.0989. The smallest absolute Gasteiger partial charge is 0.267 e. The number of halogens is 3. The largest absolute Gasteiger partial charge is 0.292 e. The highest BCUT2D eigenvalue weighted by molar-refractivity contribution is 6.51. The van der Waals surface area contributed by atoms with E-state index in [0.29, 0.717) is 0 Å². The van der Waals surface area contributed by atoms with Crippen molar-refractivity contribution in [1.29, 1.82) is 0 Å². The van der Waals surface area contributed by atoms with E-state index >= 15 is 0 Å². The van der Waals surface area contributed by atoms with Gasteiger partial charge in [-0.15, -0.1) is 11.6 Å². The molecule has 0 fully saturated rings. The first-order valence-electron chi connectivity index (χ1n) is 25.2. The molecule has 0 heterocycles. The lowest BCUT2D eigenvalue weighted by Gasteiger charge is -2.49. The van der Waals surface area contributed by atoms with Crippen LogP contribution in [-0.4, -0.2) is 34.0 Å². The van der Waals surface area contributed by atoms with E-state index in [2.05, 4.69) is 34.6 Å². The van der Waals surface area contributed by atoms with Crippen LogP contribution in [0.5, 0.6) is 0 Å². The molecule has 0 N–H and O–H groups in total. The lowest BCUT2D eigenvalue weighted by molar-refractivity contribution is -0.950. The Morgan fingerprint density at radius 1 is 0.333 bits per heavy atom. The molecule has 0 aromatic carbocycles. The molecule has 0 bridgehead atoms. The molecule has 0 rings (SSSR count). The number of unbranched alkanes of at least 4 members (excludes halogenated alkanes) is 30. The van der Waals surface area contributed by atoms with E-state index in [4.69, 9.17) is 34.8 Å². The maximum absolute atomic E-state index is 7.72. The fourth-order valence-electron chi connectivity index (χ4n) is 9.03. The molecule has 1 nitrogen and oxygen atoms in total. The fraction of sp³-hybridized carbons (Fsp3) is 1.00. The molecular formula is C50H101Cl3N+. The van der Waals surface area contributed by atoms with Crippen molar-refractivity contribution in [3.8, 4) is 0 Å². The molecule has 4 heteroatoms. The summed E-state index contributed by atoms with van der Waals surface area (Å²) in [6.45, 7) is 14.9. The van der Waals surface area contributed by atoms with Crippen molar-refractivity contribution >= 4 is 34.8 Å². The summed E-state index contributed by atoms with van der Waals surface area (Å²) in [7, 11) is 0. The van der Waals surface area contributed by atoms with E-state index in [-0.39, 0.29) is 5.38 Å². The fourth-order valence-corrected chi connectivity index (χ4v) is 10.1. The number of hydrogen-bond donors (Lipinski definition) is 0. The SMILES string of the molecule is CCCCCCCCCCCC[N+](CCCCCCCCCCCC)(CCCCCCCCCCCC)C(Cl)(Cl)C(Cl)CCCCCCC(CC)CCC. The van der Waals surface area contributed by atoms with Gasteiger partial charge in [0.2, 0.25) is 0 Å². The first-order chi connectivity index (χ1) is 26.3. The zero-order valence-electron chi connectivity index (χ0n) is 37.9. The Morgan fingerprint density at radius 3 is 0.907 bits per heavy atom. The van der Waals surface area contributed by atoms with E-state index in [9.17, 15) is 0 Å². The maximum Gasteiger partial charge on any atom is 0.267 e. The van der Waals surface area contributed by atoms with Gasteiger partial charge in [0.05, 0.1) is 19.6 Å². The Kier molecular flexibility index (Phi) is 41.2. The molecule has 0 aromatic rings.